The molecule has 1 aliphatic heterocycles. The van der Waals surface area contributed by atoms with E-state index in [9.17, 15) is 0 Å². The van der Waals surface area contributed by atoms with Crippen molar-refractivity contribution in [2.45, 2.75) is 126 Å². The Morgan fingerprint density at radius 3 is 2.44 bits per heavy atom. The van der Waals surface area contributed by atoms with Crippen molar-refractivity contribution in [2.24, 2.45) is 11.8 Å². The Labute approximate surface area is 298 Å². The maximum absolute atomic E-state index is 5.49. The number of nitrogens with zero attached hydrogens (tertiary/aromatic N) is 3. The topological polar surface area (TPSA) is 21.1 Å². The number of aryl methyl sites for hydroxylation is 1. The van der Waals surface area contributed by atoms with Gasteiger partial charge >= 0.3 is 0 Å². The summed E-state index contributed by atoms with van der Waals surface area (Å²) in [5.74, 6) is 2.86. The van der Waals surface area contributed by atoms with Gasteiger partial charge in [-0.2, -0.15) is 0 Å². The fraction of sp³-hybridized carbons (Fsp3) is 0.468. The molecule has 50 heavy (non-hydrogen) atoms. The standard InChI is InChI=1S/C47H51N3/c1-46(2)36-17-9-5-13-30(36)34-25-28(21-23-38(34)46)49-40-19-11-7-15-32(40)43-42(49)27-48-44-33-16-8-12-20-41(33)50(45(43)44)29-22-24-39-35(26-29)31-14-6-10-18-37(31)47(39,3)4/h5-6,9-10,12-14,17-18,20-21,23,25,27,29,32,34-35,38-40H,7-8,11,15-16,19,22,24,26H2,1-4H3. The van der Waals surface area contributed by atoms with Crippen LogP contribution in [0.5, 0.6) is 0 Å². The van der Waals surface area contributed by atoms with Gasteiger partial charge < -0.3 is 9.47 Å². The van der Waals surface area contributed by atoms with Gasteiger partial charge in [-0.1, -0.05) is 107 Å². The van der Waals surface area contributed by atoms with E-state index in [0.717, 1.165) is 18.8 Å². The van der Waals surface area contributed by atoms with Crippen molar-refractivity contribution in [2.75, 3.05) is 4.90 Å². The van der Waals surface area contributed by atoms with Crippen LogP contribution in [-0.2, 0) is 17.3 Å². The minimum Gasteiger partial charge on any atom is -0.336 e. The Hall–Kier alpha value is -3.85. The summed E-state index contributed by atoms with van der Waals surface area (Å²) in [7, 11) is 0. The molecule has 0 N–H and O–H groups in total. The number of anilines is 1. The molecule has 7 aliphatic rings. The van der Waals surface area contributed by atoms with Gasteiger partial charge in [0.25, 0.3) is 0 Å². The van der Waals surface area contributed by atoms with Crippen LogP contribution in [0, 0.1) is 11.8 Å². The molecule has 0 radical (unpaired) electrons. The van der Waals surface area contributed by atoms with Gasteiger partial charge in [-0.25, -0.2) is 0 Å². The molecule has 2 fully saturated rings. The van der Waals surface area contributed by atoms with Gasteiger partial charge in [-0.15, -0.1) is 0 Å². The van der Waals surface area contributed by atoms with Crippen molar-refractivity contribution in [1.29, 1.82) is 0 Å². The van der Waals surface area contributed by atoms with Crippen LogP contribution >= 0.6 is 0 Å². The van der Waals surface area contributed by atoms with Crippen LogP contribution in [0.3, 0.4) is 0 Å². The van der Waals surface area contributed by atoms with Gasteiger partial charge in [0.1, 0.15) is 0 Å². The molecule has 2 aromatic heterocycles. The first-order chi connectivity index (χ1) is 24.3. The van der Waals surface area contributed by atoms with Crippen molar-refractivity contribution in [3.8, 4) is 0 Å². The quantitative estimate of drug-likeness (QED) is 0.214. The van der Waals surface area contributed by atoms with E-state index in [1.54, 1.807) is 16.7 Å². The molecule has 0 bridgehead atoms. The van der Waals surface area contributed by atoms with Gasteiger partial charge in [-0.3, -0.25) is 4.98 Å². The van der Waals surface area contributed by atoms with Crippen LogP contribution in [-0.4, -0.2) is 15.6 Å². The summed E-state index contributed by atoms with van der Waals surface area (Å²) in [6.07, 6.45) is 26.2. The number of aromatic nitrogens is 2. The van der Waals surface area contributed by atoms with E-state index in [-0.39, 0.29) is 10.8 Å². The largest absolute Gasteiger partial charge is 0.336 e. The van der Waals surface area contributed by atoms with Crippen molar-refractivity contribution in [3.05, 3.63) is 124 Å². The van der Waals surface area contributed by atoms with Gasteiger partial charge in [0, 0.05) is 46.4 Å². The van der Waals surface area contributed by atoms with E-state index in [4.69, 9.17) is 4.98 Å². The Bertz CT molecular complexity index is 2170. The second kappa shape index (κ2) is 10.4. The Kier molecular flexibility index (Phi) is 6.19. The van der Waals surface area contributed by atoms with Gasteiger partial charge in [0.15, 0.2) is 0 Å². The third-order valence-corrected chi connectivity index (χ3v) is 15.2. The monoisotopic (exact) mass is 657 g/mol. The lowest BCUT2D eigenvalue weighted by Crippen LogP contribution is -2.36. The molecule has 2 saturated carbocycles. The third kappa shape index (κ3) is 3.80. The summed E-state index contributed by atoms with van der Waals surface area (Å²) in [6.45, 7) is 9.93. The smallest absolute Gasteiger partial charge is 0.0924 e. The average molecular weight is 658 g/mol. The first-order valence-corrected chi connectivity index (χ1v) is 19.9. The van der Waals surface area contributed by atoms with Crippen LogP contribution in [0.2, 0.25) is 0 Å². The highest BCUT2D eigenvalue weighted by Crippen LogP contribution is 2.60. The maximum Gasteiger partial charge on any atom is 0.0924 e. The van der Waals surface area contributed by atoms with Crippen LogP contribution in [0.1, 0.15) is 142 Å². The number of allylic oxidation sites excluding steroid dienone is 4. The first-order valence-electron chi connectivity index (χ1n) is 19.9. The first kappa shape index (κ1) is 29.8. The minimum absolute atomic E-state index is 0.144. The molecule has 3 heteroatoms. The van der Waals surface area contributed by atoms with E-state index in [1.165, 1.54) is 89.7 Å². The molecule has 0 spiro atoms. The molecular formula is C47H51N3. The third-order valence-electron chi connectivity index (χ3n) is 15.2. The predicted molar refractivity (Wildman–Crippen MR) is 206 cm³/mol. The second-order valence-corrected chi connectivity index (χ2v) is 18.1. The van der Waals surface area contributed by atoms with Crippen LogP contribution in [0.4, 0.5) is 5.69 Å². The van der Waals surface area contributed by atoms with Crippen LogP contribution < -0.4 is 4.90 Å². The van der Waals surface area contributed by atoms with E-state index in [2.05, 4.69) is 122 Å². The fourth-order valence-corrected chi connectivity index (χ4v) is 13.0. The molecular weight excluding hydrogens is 607 g/mol. The summed E-state index contributed by atoms with van der Waals surface area (Å²) >= 11 is 0. The maximum atomic E-state index is 5.49. The van der Waals surface area contributed by atoms with Crippen molar-refractivity contribution < 1.29 is 0 Å². The van der Waals surface area contributed by atoms with Gasteiger partial charge in [-0.05, 0) is 108 Å². The highest BCUT2D eigenvalue weighted by molar-refractivity contribution is 5.94. The van der Waals surface area contributed by atoms with Gasteiger partial charge in [0.2, 0.25) is 0 Å². The van der Waals surface area contributed by atoms with Crippen molar-refractivity contribution >= 4 is 22.8 Å². The second-order valence-electron chi connectivity index (χ2n) is 18.1. The van der Waals surface area contributed by atoms with Crippen LogP contribution in [0.25, 0.3) is 17.1 Å². The normalized spacial score (nSPS) is 32.1. The molecule has 0 amide bonds. The number of benzene rings is 2. The lowest BCUT2D eigenvalue weighted by atomic mass is 9.68. The van der Waals surface area contributed by atoms with Crippen LogP contribution in [0.15, 0.2) is 84.7 Å². The van der Waals surface area contributed by atoms with Gasteiger partial charge in [0.05, 0.1) is 22.9 Å². The average Bonchev–Trinajstić information content (AvgIpc) is 3.80. The molecule has 0 saturated heterocycles. The minimum atomic E-state index is 0.144. The highest BCUT2D eigenvalue weighted by Gasteiger charge is 2.51. The summed E-state index contributed by atoms with van der Waals surface area (Å²) in [4.78, 5) is 8.27. The summed E-state index contributed by atoms with van der Waals surface area (Å²) < 4.78 is 2.88. The zero-order valence-electron chi connectivity index (χ0n) is 30.3. The number of fused-ring (bicyclic) bond motifs is 13. The molecule has 3 nitrogen and oxygen atoms in total. The number of pyridine rings is 1. The van der Waals surface area contributed by atoms with E-state index < -0.39 is 0 Å². The predicted octanol–water partition coefficient (Wildman–Crippen LogP) is 11.4. The number of hydrogen-bond donors (Lipinski definition) is 0. The summed E-state index contributed by atoms with van der Waals surface area (Å²) in [5.41, 5.74) is 16.9. The SMILES string of the molecule is CC1(C)c2ccccc2C2C=C(N3c4cnc5c6c(n(C7CCC8C(C7)c7ccccc7C8(C)C)c5c4C4CCCCC43)C=CCC6)C=CC21. The number of rotatable bonds is 2. The number of hydrogen-bond acceptors (Lipinski definition) is 2. The lowest BCUT2D eigenvalue weighted by molar-refractivity contribution is 0.191. The Balaban J connectivity index is 1.07. The lowest BCUT2D eigenvalue weighted by Gasteiger charge is -2.39. The molecule has 11 rings (SSSR count). The highest BCUT2D eigenvalue weighted by atomic mass is 15.2. The van der Waals surface area contributed by atoms with E-state index in [1.807, 2.05) is 0 Å². The molecule has 254 valence electrons. The van der Waals surface area contributed by atoms with E-state index >= 15 is 0 Å². The zero-order chi connectivity index (χ0) is 33.5. The molecule has 7 atom stereocenters. The van der Waals surface area contributed by atoms with Crippen molar-refractivity contribution in [1.82, 2.24) is 9.55 Å². The molecule has 3 heterocycles. The summed E-state index contributed by atoms with van der Waals surface area (Å²) in [5, 5.41) is 0. The fourth-order valence-electron chi connectivity index (χ4n) is 13.0. The van der Waals surface area contributed by atoms with E-state index in [0.29, 0.717) is 35.8 Å². The zero-order valence-corrected chi connectivity index (χ0v) is 30.3. The molecule has 4 aromatic rings. The molecule has 6 aliphatic carbocycles. The molecule has 7 unspecified atom stereocenters. The Morgan fingerprint density at radius 2 is 1.58 bits per heavy atom. The summed E-state index contributed by atoms with van der Waals surface area (Å²) in [6, 6.07) is 19.7. The molecule has 2 aromatic carbocycles. The van der Waals surface area contributed by atoms with Crippen molar-refractivity contribution in [3.63, 3.8) is 0 Å². The Morgan fingerprint density at radius 1 is 0.800 bits per heavy atom.